The molecule has 2 fully saturated rings. The summed E-state index contributed by atoms with van der Waals surface area (Å²) in [5.41, 5.74) is 0. The van der Waals surface area contributed by atoms with Crippen LogP contribution in [0.15, 0.2) is 0 Å². The van der Waals surface area contributed by atoms with Crippen LogP contribution in [-0.4, -0.2) is 0 Å². The maximum absolute atomic E-state index is 2.58. The van der Waals surface area contributed by atoms with Crippen molar-refractivity contribution in [3.8, 4) is 0 Å². The Hall–Kier alpha value is 1.10. The van der Waals surface area contributed by atoms with E-state index in [0.717, 1.165) is 11.8 Å². The van der Waals surface area contributed by atoms with E-state index in [2.05, 4.69) is 12.8 Å². The molecule has 1 radical (unpaired) electrons. The van der Waals surface area contributed by atoms with Crippen molar-refractivity contribution in [1.82, 2.24) is 0 Å². The standard InChI is InChI=1S/C12H20.Y/c1-2-6-11(7-3-1)10-12-8-4-5-9-12;/h6,8,11-12H,1-5,7,9-10H2;/q-2;. The normalized spacial score (nSPS) is 34.2. The summed E-state index contributed by atoms with van der Waals surface area (Å²) in [7, 11) is 0. The predicted molar refractivity (Wildman–Crippen MR) is 52.5 cm³/mol. The predicted octanol–water partition coefficient (Wildman–Crippen LogP) is 3.77. The summed E-state index contributed by atoms with van der Waals surface area (Å²) in [5, 5.41) is 0. The van der Waals surface area contributed by atoms with Gasteiger partial charge in [-0.15, -0.1) is 6.42 Å². The maximum Gasteiger partial charge on any atom is 0 e. The molecule has 0 spiro atoms. The minimum atomic E-state index is 0. The molecular formula is C12H20Y-2. The van der Waals surface area contributed by atoms with Gasteiger partial charge in [0.2, 0.25) is 0 Å². The van der Waals surface area contributed by atoms with E-state index in [0.29, 0.717) is 0 Å². The zero-order valence-electron chi connectivity index (χ0n) is 8.54. The molecule has 0 heterocycles. The Kier molecular flexibility index (Phi) is 6.15. The third-order valence-electron chi connectivity index (χ3n) is 3.41. The first-order valence-electron chi connectivity index (χ1n) is 5.62. The Morgan fingerprint density at radius 2 is 1.46 bits per heavy atom. The molecule has 73 valence electrons. The van der Waals surface area contributed by atoms with E-state index in [4.69, 9.17) is 0 Å². The molecule has 0 nitrogen and oxygen atoms in total. The van der Waals surface area contributed by atoms with E-state index in [-0.39, 0.29) is 32.7 Å². The molecule has 0 aromatic carbocycles. The Labute approximate surface area is 108 Å². The summed E-state index contributed by atoms with van der Waals surface area (Å²) >= 11 is 0. The fraction of sp³-hybridized carbons (Fsp3) is 0.833. The van der Waals surface area contributed by atoms with Gasteiger partial charge in [-0.1, -0.05) is 32.1 Å². The van der Waals surface area contributed by atoms with Crippen LogP contribution in [0.1, 0.15) is 51.4 Å². The van der Waals surface area contributed by atoms with Gasteiger partial charge < -0.3 is 12.8 Å². The molecule has 0 bridgehead atoms. The summed E-state index contributed by atoms with van der Waals surface area (Å²) in [6.07, 6.45) is 16.7. The fourth-order valence-electron chi connectivity index (χ4n) is 2.69. The van der Waals surface area contributed by atoms with Crippen LogP contribution in [0.4, 0.5) is 0 Å². The summed E-state index contributed by atoms with van der Waals surface area (Å²) in [4.78, 5) is 0. The molecule has 0 aromatic rings. The van der Waals surface area contributed by atoms with Crippen molar-refractivity contribution in [3.63, 3.8) is 0 Å². The zero-order chi connectivity index (χ0) is 8.23. The van der Waals surface area contributed by atoms with Crippen LogP contribution in [0.25, 0.3) is 0 Å². The van der Waals surface area contributed by atoms with Crippen molar-refractivity contribution in [2.24, 2.45) is 11.8 Å². The SMILES string of the molecule is [CH-]1CCCC1CC1[CH-]CCCC1.[Y]. The second-order valence-electron chi connectivity index (χ2n) is 4.44. The Morgan fingerprint density at radius 3 is 2.00 bits per heavy atom. The Balaban J connectivity index is 0.000000845. The largest absolute Gasteiger partial charge is 0.326 e. The van der Waals surface area contributed by atoms with Gasteiger partial charge in [0, 0.05) is 32.7 Å². The second-order valence-corrected chi connectivity index (χ2v) is 4.44. The van der Waals surface area contributed by atoms with Gasteiger partial charge in [0.1, 0.15) is 0 Å². The van der Waals surface area contributed by atoms with Gasteiger partial charge in [0.05, 0.1) is 0 Å². The van der Waals surface area contributed by atoms with Crippen molar-refractivity contribution >= 4 is 0 Å². The van der Waals surface area contributed by atoms with E-state index in [9.17, 15) is 0 Å². The zero-order valence-corrected chi connectivity index (χ0v) is 11.4. The quantitative estimate of drug-likeness (QED) is 0.657. The molecule has 0 N–H and O–H groups in total. The first kappa shape index (κ1) is 12.2. The average Bonchev–Trinajstić information content (AvgIpc) is 2.59. The van der Waals surface area contributed by atoms with E-state index in [1.807, 2.05) is 0 Å². The first-order chi connectivity index (χ1) is 5.95. The summed E-state index contributed by atoms with van der Waals surface area (Å²) in [5.74, 6) is 1.95. The third kappa shape index (κ3) is 4.00. The summed E-state index contributed by atoms with van der Waals surface area (Å²) < 4.78 is 0. The molecule has 0 aliphatic heterocycles. The second kappa shape index (κ2) is 6.56. The fourth-order valence-corrected chi connectivity index (χ4v) is 2.69. The molecule has 2 atom stereocenters. The van der Waals surface area contributed by atoms with Gasteiger partial charge in [-0.05, 0) is 0 Å². The van der Waals surface area contributed by atoms with Crippen molar-refractivity contribution in [2.45, 2.75) is 51.4 Å². The number of hydrogen-bond donors (Lipinski definition) is 0. The van der Waals surface area contributed by atoms with E-state index in [1.54, 1.807) is 0 Å². The van der Waals surface area contributed by atoms with Crippen LogP contribution in [-0.2, 0) is 32.7 Å². The van der Waals surface area contributed by atoms with Crippen LogP contribution >= 0.6 is 0 Å². The van der Waals surface area contributed by atoms with Gasteiger partial charge in [0.25, 0.3) is 0 Å². The van der Waals surface area contributed by atoms with Crippen molar-refractivity contribution in [2.75, 3.05) is 0 Å². The third-order valence-corrected chi connectivity index (χ3v) is 3.41. The van der Waals surface area contributed by atoms with Crippen LogP contribution < -0.4 is 0 Å². The molecular weight excluding hydrogens is 233 g/mol. The molecule has 0 amide bonds. The van der Waals surface area contributed by atoms with Crippen molar-refractivity contribution in [3.05, 3.63) is 12.8 Å². The van der Waals surface area contributed by atoms with E-state index in [1.165, 1.54) is 51.4 Å². The molecule has 2 unspecified atom stereocenters. The van der Waals surface area contributed by atoms with Gasteiger partial charge in [-0.2, -0.15) is 24.7 Å². The number of rotatable bonds is 2. The Bertz CT molecular complexity index is 121. The monoisotopic (exact) mass is 253 g/mol. The van der Waals surface area contributed by atoms with Crippen LogP contribution in [0.2, 0.25) is 0 Å². The molecule has 2 aliphatic rings. The molecule has 0 aromatic heterocycles. The van der Waals surface area contributed by atoms with Crippen LogP contribution in [0.3, 0.4) is 0 Å². The molecule has 13 heavy (non-hydrogen) atoms. The van der Waals surface area contributed by atoms with Crippen molar-refractivity contribution < 1.29 is 32.7 Å². The molecule has 0 saturated heterocycles. The minimum absolute atomic E-state index is 0. The minimum Gasteiger partial charge on any atom is -0.326 e. The first-order valence-corrected chi connectivity index (χ1v) is 5.62. The smallest absolute Gasteiger partial charge is 0 e. The Morgan fingerprint density at radius 1 is 0.846 bits per heavy atom. The molecule has 2 saturated carbocycles. The molecule has 1 heteroatoms. The van der Waals surface area contributed by atoms with Gasteiger partial charge in [0.15, 0.2) is 0 Å². The van der Waals surface area contributed by atoms with Gasteiger partial charge in [-0.3, -0.25) is 0 Å². The number of hydrogen-bond acceptors (Lipinski definition) is 0. The topological polar surface area (TPSA) is 0 Å². The van der Waals surface area contributed by atoms with E-state index < -0.39 is 0 Å². The van der Waals surface area contributed by atoms with Gasteiger partial charge in [-0.25, -0.2) is 0 Å². The van der Waals surface area contributed by atoms with Crippen LogP contribution in [0, 0.1) is 24.7 Å². The average molecular weight is 253 g/mol. The maximum atomic E-state index is 2.58. The van der Waals surface area contributed by atoms with Gasteiger partial charge >= 0.3 is 0 Å². The van der Waals surface area contributed by atoms with E-state index >= 15 is 0 Å². The summed E-state index contributed by atoms with van der Waals surface area (Å²) in [6.45, 7) is 0. The summed E-state index contributed by atoms with van der Waals surface area (Å²) in [6, 6.07) is 0. The molecule has 2 rings (SSSR count). The van der Waals surface area contributed by atoms with Crippen molar-refractivity contribution in [1.29, 1.82) is 0 Å². The molecule has 2 aliphatic carbocycles. The van der Waals surface area contributed by atoms with Crippen LogP contribution in [0.5, 0.6) is 0 Å².